The van der Waals surface area contributed by atoms with Crippen molar-refractivity contribution in [3.8, 4) is 0 Å². The molecule has 22 heavy (non-hydrogen) atoms. The smallest absolute Gasteiger partial charge is 0.154 e. The van der Waals surface area contributed by atoms with E-state index in [1.54, 1.807) is 0 Å². The van der Waals surface area contributed by atoms with Crippen molar-refractivity contribution in [2.45, 2.75) is 25.7 Å². The molecule has 0 bridgehead atoms. The van der Waals surface area contributed by atoms with Gasteiger partial charge in [0.2, 0.25) is 0 Å². The second-order valence-corrected chi connectivity index (χ2v) is 6.54. The van der Waals surface area contributed by atoms with Gasteiger partial charge in [-0.2, -0.15) is 0 Å². The van der Waals surface area contributed by atoms with Gasteiger partial charge in [0.05, 0.1) is 12.5 Å². The summed E-state index contributed by atoms with van der Waals surface area (Å²) in [5.74, 6) is 1.04. The highest BCUT2D eigenvalue weighted by Gasteiger charge is 2.36. The fourth-order valence-corrected chi connectivity index (χ4v) is 3.42. The number of hydrogen-bond donors (Lipinski definition) is 0. The first-order chi connectivity index (χ1) is 10.7. The number of imidazole rings is 1. The molecule has 0 aliphatic carbocycles. The zero-order valence-corrected chi connectivity index (χ0v) is 13.0. The van der Waals surface area contributed by atoms with Crippen LogP contribution in [0.2, 0.25) is 0 Å². The average Bonchev–Trinajstić information content (AvgIpc) is 3.15. The van der Waals surface area contributed by atoms with Crippen LogP contribution >= 0.6 is 0 Å². The van der Waals surface area contributed by atoms with Crippen molar-refractivity contribution in [1.82, 2.24) is 14.4 Å². The normalized spacial score (nSPS) is 21.6. The van der Waals surface area contributed by atoms with Gasteiger partial charge < -0.3 is 9.30 Å². The molecule has 1 aliphatic rings. The molecule has 0 spiro atoms. The van der Waals surface area contributed by atoms with Crippen molar-refractivity contribution in [1.29, 1.82) is 0 Å². The van der Waals surface area contributed by atoms with Gasteiger partial charge in [-0.25, -0.2) is 9.97 Å². The summed E-state index contributed by atoms with van der Waals surface area (Å²) < 4.78 is 2.03. The van der Waals surface area contributed by atoms with Gasteiger partial charge in [0, 0.05) is 30.9 Å². The van der Waals surface area contributed by atoms with Crippen LogP contribution in [0.3, 0.4) is 0 Å². The summed E-state index contributed by atoms with van der Waals surface area (Å²) in [5.41, 5.74) is 3.99. The third-order valence-corrected chi connectivity index (χ3v) is 4.84. The molecule has 0 amide bonds. The Labute approximate surface area is 130 Å². The van der Waals surface area contributed by atoms with E-state index in [2.05, 4.69) is 53.0 Å². The SMILES string of the molecule is Cc1ccc(C2(C)CCN(c3nccn4cncc34)C2)cc1. The molecule has 1 fully saturated rings. The Hall–Kier alpha value is -2.36. The first-order valence-electron chi connectivity index (χ1n) is 7.74. The van der Waals surface area contributed by atoms with E-state index in [-0.39, 0.29) is 5.41 Å². The molecule has 4 rings (SSSR count). The summed E-state index contributed by atoms with van der Waals surface area (Å²) in [4.78, 5) is 11.2. The number of rotatable bonds is 2. The summed E-state index contributed by atoms with van der Waals surface area (Å²) in [6.07, 6.45) is 8.67. The number of nitrogens with zero attached hydrogens (tertiary/aromatic N) is 4. The summed E-state index contributed by atoms with van der Waals surface area (Å²) >= 11 is 0. The molecule has 1 unspecified atom stereocenters. The lowest BCUT2D eigenvalue weighted by molar-refractivity contribution is 0.531. The molecule has 1 atom stereocenters. The van der Waals surface area contributed by atoms with Gasteiger partial charge in [-0.05, 0) is 18.9 Å². The molecule has 3 heterocycles. The molecule has 0 N–H and O–H groups in total. The van der Waals surface area contributed by atoms with E-state index in [9.17, 15) is 0 Å². The Morgan fingerprint density at radius 3 is 2.82 bits per heavy atom. The van der Waals surface area contributed by atoms with Crippen LogP contribution in [0.25, 0.3) is 5.52 Å². The number of fused-ring (bicyclic) bond motifs is 1. The molecule has 1 saturated heterocycles. The summed E-state index contributed by atoms with van der Waals surface area (Å²) in [6.45, 7) is 6.52. The van der Waals surface area contributed by atoms with E-state index >= 15 is 0 Å². The van der Waals surface area contributed by atoms with E-state index in [0.29, 0.717) is 0 Å². The summed E-state index contributed by atoms with van der Waals surface area (Å²) in [7, 11) is 0. The first kappa shape index (κ1) is 13.3. The van der Waals surface area contributed by atoms with Crippen LogP contribution in [0.5, 0.6) is 0 Å². The van der Waals surface area contributed by atoms with Gasteiger partial charge in [0.1, 0.15) is 5.52 Å². The van der Waals surface area contributed by atoms with Crippen molar-refractivity contribution in [3.05, 3.63) is 60.3 Å². The minimum Gasteiger partial charge on any atom is -0.354 e. The van der Waals surface area contributed by atoms with Crippen LogP contribution in [0.4, 0.5) is 5.82 Å². The topological polar surface area (TPSA) is 33.4 Å². The van der Waals surface area contributed by atoms with E-state index in [1.165, 1.54) is 11.1 Å². The van der Waals surface area contributed by atoms with Crippen LogP contribution in [0.1, 0.15) is 24.5 Å². The van der Waals surface area contributed by atoms with Gasteiger partial charge in [-0.3, -0.25) is 0 Å². The van der Waals surface area contributed by atoms with Gasteiger partial charge >= 0.3 is 0 Å². The highest BCUT2D eigenvalue weighted by Crippen LogP contribution is 2.36. The Morgan fingerprint density at radius 1 is 1.18 bits per heavy atom. The van der Waals surface area contributed by atoms with E-state index in [4.69, 9.17) is 0 Å². The number of anilines is 1. The zero-order valence-electron chi connectivity index (χ0n) is 13.0. The molecule has 1 aromatic carbocycles. The molecule has 0 radical (unpaired) electrons. The maximum atomic E-state index is 4.60. The van der Waals surface area contributed by atoms with Crippen LogP contribution < -0.4 is 4.90 Å². The number of aromatic nitrogens is 3. The van der Waals surface area contributed by atoms with Crippen LogP contribution in [-0.2, 0) is 5.41 Å². The van der Waals surface area contributed by atoms with E-state index in [1.807, 2.05) is 29.3 Å². The van der Waals surface area contributed by atoms with Crippen LogP contribution in [0, 0.1) is 6.92 Å². The number of benzene rings is 1. The third kappa shape index (κ3) is 2.06. The largest absolute Gasteiger partial charge is 0.354 e. The first-order valence-corrected chi connectivity index (χ1v) is 7.74. The van der Waals surface area contributed by atoms with Gasteiger partial charge in [-0.1, -0.05) is 36.8 Å². The molecule has 4 nitrogen and oxygen atoms in total. The third-order valence-electron chi connectivity index (χ3n) is 4.84. The lowest BCUT2D eigenvalue weighted by Crippen LogP contribution is -2.28. The van der Waals surface area contributed by atoms with E-state index < -0.39 is 0 Å². The lowest BCUT2D eigenvalue weighted by atomic mass is 9.81. The molecule has 3 aromatic rings. The fourth-order valence-electron chi connectivity index (χ4n) is 3.42. The quantitative estimate of drug-likeness (QED) is 0.727. The van der Waals surface area contributed by atoms with Crippen molar-refractivity contribution in [2.75, 3.05) is 18.0 Å². The van der Waals surface area contributed by atoms with Crippen molar-refractivity contribution < 1.29 is 0 Å². The molecule has 1 aliphatic heterocycles. The highest BCUT2D eigenvalue weighted by molar-refractivity contribution is 5.68. The average molecular weight is 292 g/mol. The Balaban J connectivity index is 1.67. The molecule has 2 aromatic heterocycles. The molecule has 112 valence electrons. The fraction of sp³-hybridized carbons (Fsp3) is 0.333. The predicted octanol–water partition coefficient (Wildman–Crippen LogP) is 3.21. The zero-order chi connectivity index (χ0) is 15.2. The minimum absolute atomic E-state index is 0.183. The summed E-state index contributed by atoms with van der Waals surface area (Å²) in [5, 5.41) is 0. The van der Waals surface area contributed by atoms with Crippen molar-refractivity contribution in [3.63, 3.8) is 0 Å². The summed E-state index contributed by atoms with van der Waals surface area (Å²) in [6, 6.07) is 8.95. The molecular weight excluding hydrogens is 272 g/mol. The number of hydrogen-bond acceptors (Lipinski definition) is 3. The molecular formula is C18H20N4. The van der Waals surface area contributed by atoms with Crippen LogP contribution in [0.15, 0.2) is 49.2 Å². The minimum atomic E-state index is 0.183. The maximum Gasteiger partial charge on any atom is 0.154 e. The Morgan fingerprint density at radius 2 is 2.00 bits per heavy atom. The molecule has 0 saturated carbocycles. The molecule has 4 heteroatoms. The van der Waals surface area contributed by atoms with E-state index in [0.717, 1.165) is 30.8 Å². The van der Waals surface area contributed by atoms with Crippen molar-refractivity contribution in [2.24, 2.45) is 0 Å². The van der Waals surface area contributed by atoms with Crippen LogP contribution in [-0.4, -0.2) is 27.5 Å². The Bertz CT molecular complexity index is 805. The second kappa shape index (κ2) is 4.83. The van der Waals surface area contributed by atoms with Crippen molar-refractivity contribution >= 4 is 11.3 Å². The number of aryl methyl sites for hydroxylation is 1. The van der Waals surface area contributed by atoms with Gasteiger partial charge in [0.25, 0.3) is 0 Å². The monoisotopic (exact) mass is 292 g/mol. The predicted molar refractivity (Wildman–Crippen MR) is 88.3 cm³/mol. The standard InChI is InChI=1S/C18H20N4/c1-14-3-5-15(6-4-14)18(2)7-9-21(12-18)17-16-11-19-13-22(16)10-8-20-17/h3-6,8,10-11,13H,7,9,12H2,1-2H3. The highest BCUT2D eigenvalue weighted by atomic mass is 15.2. The van der Waals surface area contributed by atoms with Gasteiger partial charge in [0.15, 0.2) is 5.82 Å². The maximum absolute atomic E-state index is 4.60. The second-order valence-electron chi connectivity index (χ2n) is 6.54. The van der Waals surface area contributed by atoms with Gasteiger partial charge in [-0.15, -0.1) is 0 Å². The Kier molecular flexibility index (Phi) is 2.93. The lowest BCUT2D eigenvalue weighted by Gasteiger charge is -2.26.